The van der Waals surface area contributed by atoms with Gasteiger partial charge in [0, 0.05) is 11.9 Å². The smallest absolute Gasteiger partial charge is 0.205 e. The average Bonchev–Trinajstić information content (AvgIpc) is 2.01. The Morgan fingerprint density at radius 3 is 2.92 bits per heavy atom. The van der Waals surface area contributed by atoms with Crippen LogP contribution in [0, 0.1) is 18.8 Å². The Bertz CT molecular complexity index is 323. The van der Waals surface area contributed by atoms with Crippen LogP contribution in [0.5, 0.6) is 0 Å². The molecule has 3 nitrogen and oxygen atoms in total. The van der Waals surface area contributed by atoms with Gasteiger partial charge in [-0.15, -0.1) is 0 Å². The molecule has 12 heavy (non-hydrogen) atoms. The molecule has 0 aliphatic heterocycles. The molecule has 1 aromatic heterocycles. The van der Waals surface area contributed by atoms with Crippen LogP contribution >= 0.6 is 0 Å². The minimum absolute atomic E-state index is 0.455. The zero-order valence-corrected chi connectivity index (χ0v) is 7.07. The molecule has 1 heterocycles. The Kier molecular flexibility index (Phi) is 2.78. The molecule has 0 saturated heterocycles. The first-order valence-corrected chi connectivity index (χ1v) is 3.68. The van der Waals surface area contributed by atoms with Crippen LogP contribution in [0.1, 0.15) is 18.4 Å². The molecule has 3 heteroatoms. The number of aromatic nitrogens is 2. The molecule has 0 fully saturated rings. The first-order chi connectivity index (χ1) is 5.68. The Morgan fingerprint density at radius 1 is 1.58 bits per heavy atom. The second-order valence-electron chi connectivity index (χ2n) is 2.47. The molecular formula is C9H10N2O. The standard InChI is InChI=1S/C9H10N2O/c1-7-5-6-10-9(11-7)4-3-8(2)12/h5-6,8,12H,1-2H3/t8-/m1/s1. The average molecular weight is 162 g/mol. The summed E-state index contributed by atoms with van der Waals surface area (Å²) in [6.07, 6.45) is 1.02. The van der Waals surface area contributed by atoms with Crippen LogP contribution < -0.4 is 0 Å². The van der Waals surface area contributed by atoms with Gasteiger partial charge in [-0.1, -0.05) is 5.92 Å². The number of aliphatic hydroxyl groups excluding tert-OH is 1. The highest BCUT2D eigenvalue weighted by Gasteiger charge is 1.90. The number of hydrogen-bond donors (Lipinski definition) is 1. The minimum atomic E-state index is -0.630. The van der Waals surface area contributed by atoms with Gasteiger partial charge < -0.3 is 5.11 Å². The number of rotatable bonds is 0. The van der Waals surface area contributed by atoms with E-state index in [4.69, 9.17) is 5.11 Å². The van der Waals surface area contributed by atoms with E-state index in [1.54, 1.807) is 19.2 Å². The summed E-state index contributed by atoms with van der Waals surface area (Å²) in [5.41, 5.74) is 0.875. The third-order valence-corrected chi connectivity index (χ3v) is 1.19. The molecular weight excluding hydrogens is 152 g/mol. The Balaban J connectivity index is 2.85. The molecule has 0 aliphatic rings. The maximum Gasteiger partial charge on any atom is 0.205 e. The molecule has 1 N–H and O–H groups in total. The van der Waals surface area contributed by atoms with Crippen molar-refractivity contribution < 1.29 is 5.11 Å². The van der Waals surface area contributed by atoms with Gasteiger partial charge in [-0.25, -0.2) is 9.97 Å². The second-order valence-corrected chi connectivity index (χ2v) is 2.47. The Hall–Kier alpha value is -1.40. The predicted octanol–water partition coefficient (Wildman–Crippen LogP) is 0.517. The van der Waals surface area contributed by atoms with E-state index in [1.165, 1.54) is 0 Å². The van der Waals surface area contributed by atoms with Gasteiger partial charge >= 0.3 is 0 Å². The summed E-state index contributed by atoms with van der Waals surface area (Å²) in [6, 6.07) is 1.80. The van der Waals surface area contributed by atoms with E-state index in [2.05, 4.69) is 21.8 Å². The number of nitrogens with zero attached hydrogens (tertiary/aromatic N) is 2. The molecule has 0 amide bonds. The van der Waals surface area contributed by atoms with Crippen molar-refractivity contribution in [2.24, 2.45) is 0 Å². The topological polar surface area (TPSA) is 46.0 Å². The van der Waals surface area contributed by atoms with E-state index < -0.39 is 6.10 Å². The number of aryl methyl sites for hydroxylation is 1. The van der Waals surface area contributed by atoms with E-state index >= 15 is 0 Å². The quantitative estimate of drug-likeness (QED) is 0.565. The molecule has 0 aliphatic carbocycles. The lowest BCUT2D eigenvalue weighted by atomic mass is 10.4. The van der Waals surface area contributed by atoms with E-state index in [0.29, 0.717) is 5.82 Å². The first-order valence-electron chi connectivity index (χ1n) is 3.68. The van der Waals surface area contributed by atoms with Gasteiger partial charge in [0.25, 0.3) is 0 Å². The number of hydrogen-bond acceptors (Lipinski definition) is 3. The normalized spacial score (nSPS) is 11.6. The van der Waals surface area contributed by atoms with Crippen molar-refractivity contribution in [2.45, 2.75) is 20.0 Å². The first kappa shape index (κ1) is 8.69. The molecule has 1 aromatic rings. The Morgan fingerprint density at radius 2 is 2.33 bits per heavy atom. The highest BCUT2D eigenvalue weighted by molar-refractivity contribution is 5.22. The van der Waals surface area contributed by atoms with Crippen LogP contribution in [-0.2, 0) is 0 Å². The molecule has 0 bridgehead atoms. The van der Waals surface area contributed by atoms with Crippen LogP contribution in [0.15, 0.2) is 12.3 Å². The van der Waals surface area contributed by atoms with Crippen molar-refractivity contribution in [1.82, 2.24) is 9.97 Å². The lowest BCUT2D eigenvalue weighted by Gasteiger charge is -1.91. The van der Waals surface area contributed by atoms with Gasteiger partial charge in [0.2, 0.25) is 5.82 Å². The van der Waals surface area contributed by atoms with Gasteiger partial charge in [0.1, 0.15) is 6.10 Å². The molecule has 1 atom stereocenters. The predicted molar refractivity (Wildman–Crippen MR) is 45.3 cm³/mol. The number of aliphatic hydroxyl groups is 1. The zero-order valence-electron chi connectivity index (χ0n) is 7.07. The molecule has 0 unspecified atom stereocenters. The van der Waals surface area contributed by atoms with Gasteiger partial charge in [-0.05, 0) is 25.8 Å². The summed E-state index contributed by atoms with van der Waals surface area (Å²) < 4.78 is 0. The summed E-state index contributed by atoms with van der Waals surface area (Å²) >= 11 is 0. The highest BCUT2D eigenvalue weighted by Crippen LogP contribution is 1.90. The second kappa shape index (κ2) is 3.84. The zero-order chi connectivity index (χ0) is 8.97. The maximum absolute atomic E-state index is 8.85. The lowest BCUT2D eigenvalue weighted by Crippen LogP contribution is -1.95. The van der Waals surface area contributed by atoms with E-state index in [0.717, 1.165) is 5.69 Å². The third kappa shape index (κ3) is 2.69. The maximum atomic E-state index is 8.85. The molecule has 1 rings (SSSR count). The molecule has 0 saturated carbocycles. The van der Waals surface area contributed by atoms with Crippen molar-refractivity contribution in [1.29, 1.82) is 0 Å². The van der Waals surface area contributed by atoms with Crippen molar-refractivity contribution in [3.8, 4) is 11.8 Å². The minimum Gasteiger partial charge on any atom is -0.381 e. The van der Waals surface area contributed by atoms with Gasteiger partial charge in [0.05, 0.1) is 0 Å². The fourth-order valence-corrected chi connectivity index (χ4v) is 0.678. The van der Waals surface area contributed by atoms with Crippen LogP contribution in [0.25, 0.3) is 0 Å². The van der Waals surface area contributed by atoms with Crippen molar-refractivity contribution >= 4 is 0 Å². The largest absolute Gasteiger partial charge is 0.381 e. The van der Waals surface area contributed by atoms with Crippen molar-refractivity contribution in [3.05, 3.63) is 23.8 Å². The van der Waals surface area contributed by atoms with Crippen molar-refractivity contribution in [3.63, 3.8) is 0 Å². The monoisotopic (exact) mass is 162 g/mol. The van der Waals surface area contributed by atoms with Crippen LogP contribution in [-0.4, -0.2) is 21.2 Å². The van der Waals surface area contributed by atoms with Gasteiger partial charge in [-0.3, -0.25) is 0 Å². The summed E-state index contributed by atoms with van der Waals surface area (Å²) in [5, 5.41) is 8.85. The molecule has 0 aromatic carbocycles. The fourth-order valence-electron chi connectivity index (χ4n) is 0.678. The SMILES string of the molecule is Cc1ccnc(C#C[C@@H](C)O)n1. The molecule has 0 spiro atoms. The highest BCUT2D eigenvalue weighted by atomic mass is 16.3. The lowest BCUT2D eigenvalue weighted by molar-refractivity contribution is 0.253. The van der Waals surface area contributed by atoms with Gasteiger partial charge in [0.15, 0.2) is 0 Å². The summed E-state index contributed by atoms with van der Waals surface area (Å²) in [4.78, 5) is 7.96. The fraction of sp³-hybridized carbons (Fsp3) is 0.333. The summed E-state index contributed by atoms with van der Waals surface area (Å²) in [5.74, 6) is 5.69. The van der Waals surface area contributed by atoms with E-state index in [1.807, 2.05) is 6.92 Å². The van der Waals surface area contributed by atoms with Crippen molar-refractivity contribution in [2.75, 3.05) is 0 Å². The molecule has 62 valence electrons. The summed E-state index contributed by atoms with van der Waals surface area (Å²) in [7, 11) is 0. The van der Waals surface area contributed by atoms with Crippen LogP contribution in [0.3, 0.4) is 0 Å². The summed E-state index contributed by atoms with van der Waals surface area (Å²) in [6.45, 7) is 3.47. The Labute approximate surface area is 71.5 Å². The van der Waals surface area contributed by atoms with Crippen LogP contribution in [0.4, 0.5) is 0 Å². The molecule has 0 radical (unpaired) electrons. The van der Waals surface area contributed by atoms with Gasteiger partial charge in [-0.2, -0.15) is 0 Å². The van der Waals surface area contributed by atoms with Crippen LogP contribution in [0.2, 0.25) is 0 Å². The van der Waals surface area contributed by atoms with E-state index in [-0.39, 0.29) is 0 Å². The third-order valence-electron chi connectivity index (χ3n) is 1.19. The van der Waals surface area contributed by atoms with E-state index in [9.17, 15) is 0 Å².